The van der Waals surface area contributed by atoms with Crippen LogP contribution in [0.4, 0.5) is 8.78 Å². The quantitative estimate of drug-likeness (QED) is 0.580. The van der Waals surface area contributed by atoms with Crippen molar-refractivity contribution in [1.82, 2.24) is 0 Å². The number of aliphatic hydroxyl groups is 1. The zero-order valence-electron chi connectivity index (χ0n) is 15.0. The van der Waals surface area contributed by atoms with Gasteiger partial charge in [-0.2, -0.15) is 8.78 Å². The summed E-state index contributed by atoms with van der Waals surface area (Å²) in [6.45, 7) is 5.99. The summed E-state index contributed by atoms with van der Waals surface area (Å²) < 4.78 is 39.0. The van der Waals surface area contributed by atoms with Gasteiger partial charge in [-0.05, 0) is 36.2 Å². The van der Waals surface area contributed by atoms with E-state index >= 15 is 0 Å². The van der Waals surface area contributed by atoms with Crippen molar-refractivity contribution in [1.29, 1.82) is 0 Å². The molecule has 1 aromatic rings. The molecule has 0 aliphatic heterocycles. The van der Waals surface area contributed by atoms with Crippen molar-refractivity contribution in [3.8, 4) is 23.0 Å². The summed E-state index contributed by atoms with van der Waals surface area (Å²) in [5.74, 6) is -0.859. The summed E-state index contributed by atoms with van der Waals surface area (Å²) in [5.41, 5.74) is 2.84. The average Bonchev–Trinajstić information content (AvgIpc) is 2.62. The van der Waals surface area contributed by atoms with Crippen molar-refractivity contribution in [3.05, 3.63) is 23.8 Å². The highest BCUT2D eigenvalue weighted by atomic mass is 28.3. The van der Waals surface area contributed by atoms with E-state index < -0.39 is 20.1 Å². The van der Waals surface area contributed by atoms with E-state index in [0.29, 0.717) is 5.75 Å². The molecule has 0 radical (unpaired) electrons. The molecule has 0 fully saturated rings. The van der Waals surface area contributed by atoms with E-state index in [1.165, 1.54) is 32.4 Å². The zero-order chi connectivity index (χ0) is 18.4. The monoisotopic (exact) mass is 356 g/mol. The molecule has 0 aliphatic rings. The first-order chi connectivity index (χ1) is 11.3. The molecule has 0 aliphatic carbocycles. The predicted molar refractivity (Wildman–Crippen MR) is 94.4 cm³/mol. The Balaban J connectivity index is 3.20. The summed E-state index contributed by atoms with van der Waals surface area (Å²) >= 11 is 0. The number of halogens is 2. The Bertz CT molecular complexity index is 596. The number of hydrogen-bond acceptors (Lipinski definition) is 3. The summed E-state index contributed by atoms with van der Waals surface area (Å²) in [6.07, 6.45) is -2.05. The minimum Gasteiger partial charge on any atom is -0.497 e. The van der Waals surface area contributed by atoms with Crippen LogP contribution in [0.1, 0.15) is 32.4 Å². The maximum Gasteiger partial charge on any atom is 0.337 e. The van der Waals surface area contributed by atoms with Crippen molar-refractivity contribution >= 4 is 8.07 Å². The highest BCUT2D eigenvalue weighted by molar-refractivity contribution is 6.87. The molecule has 0 saturated carbocycles. The molecule has 0 aromatic heterocycles. The Labute approximate surface area is 144 Å². The van der Waals surface area contributed by atoms with Gasteiger partial charge in [-0.25, -0.2) is 0 Å². The highest BCUT2D eigenvalue weighted by Gasteiger charge is 2.40. The van der Waals surface area contributed by atoms with E-state index in [1.807, 2.05) is 20.8 Å². The van der Waals surface area contributed by atoms with Crippen LogP contribution < -0.4 is 9.47 Å². The van der Waals surface area contributed by atoms with Crippen molar-refractivity contribution in [2.45, 2.75) is 50.9 Å². The molecule has 0 spiro atoms. The fourth-order valence-corrected chi connectivity index (χ4v) is 5.00. The zero-order valence-corrected chi connectivity index (χ0v) is 16.0. The third-order valence-corrected chi connectivity index (χ3v) is 9.32. The van der Waals surface area contributed by atoms with E-state index in [9.17, 15) is 13.9 Å². The third kappa shape index (κ3) is 4.49. The van der Waals surface area contributed by atoms with Crippen LogP contribution in [0.3, 0.4) is 0 Å². The molecular formula is C18H26F2O3Si. The molecule has 1 unspecified atom stereocenters. The lowest BCUT2D eigenvalue weighted by Gasteiger charge is -2.23. The number of alkyl halides is 2. The van der Waals surface area contributed by atoms with Crippen LogP contribution in [0.5, 0.6) is 11.5 Å². The SMILES string of the molecule is CC[Si](C#CC(F)(F)C(O)c1ccc(OC)cc1OC)(CC)CC. The van der Waals surface area contributed by atoms with Crippen LogP contribution in [-0.2, 0) is 0 Å². The molecular weight excluding hydrogens is 330 g/mol. The topological polar surface area (TPSA) is 38.7 Å². The van der Waals surface area contributed by atoms with Crippen molar-refractivity contribution in [2.75, 3.05) is 14.2 Å². The molecule has 1 N–H and O–H groups in total. The number of rotatable bonds is 7. The van der Waals surface area contributed by atoms with Crippen LogP contribution in [0.2, 0.25) is 18.1 Å². The number of aliphatic hydroxyl groups excluding tert-OH is 1. The minimum absolute atomic E-state index is 0.00522. The maximum absolute atomic E-state index is 14.5. The van der Waals surface area contributed by atoms with E-state index in [2.05, 4.69) is 11.5 Å². The summed E-state index contributed by atoms with van der Waals surface area (Å²) in [5, 5.41) is 10.2. The molecule has 0 heterocycles. The standard InChI is InChI=1S/C18H26F2O3Si/c1-6-24(7-2,8-3)12-11-18(19,20)17(21)15-10-9-14(22-4)13-16(15)23-5/h9-10,13,17,21H,6-8H2,1-5H3. The van der Waals surface area contributed by atoms with Crippen LogP contribution in [0, 0.1) is 11.5 Å². The highest BCUT2D eigenvalue weighted by Crippen LogP contribution is 2.37. The van der Waals surface area contributed by atoms with E-state index in [1.54, 1.807) is 0 Å². The molecule has 1 aromatic carbocycles. The third-order valence-electron chi connectivity index (χ3n) is 4.60. The van der Waals surface area contributed by atoms with Gasteiger partial charge < -0.3 is 14.6 Å². The largest absolute Gasteiger partial charge is 0.497 e. The van der Waals surface area contributed by atoms with Gasteiger partial charge in [0.2, 0.25) is 0 Å². The van der Waals surface area contributed by atoms with Gasteiger partial charge in [-0.3, -0.25) is 0 Å². The lowest BCUT2D eigenvalue weighted by atomic mass is 10.0. The Hall–Kier alpha value is -1.58. The van der Waals surface area contributed by atoms with Crippen molar-refractivity contribution < 1.29 is 23.4 Å². The fraction of sp³-hybridized carbons (Fsp3) is 0.556. The molecule has 24 heavy (non-hydrogen) atoms. The van der Waals surface area contributed by atoms with Gasteiger partial charge in [-0.1, -0.05) is 20.8 Å². The van der Waals surface area contributed by atoms with Gasteiger partial charge in [0.1, 0.15) is 19.6 Å². The van der Waals surface area contributed by atoms with Gasteiger partial charge in [0.25, 0.3) is 0 Å². The fourth-order valence-electron chi connectivity index (χ4n) is 2.54. The number of ether oxygens (including phenoxy) is 2. The second kappa shape index (κ2) is 8.50. The van der Waals surface area contributed by atoms with Crippen molar-refractivity contribution in [3.63, 3.8) is 0 Å². The van der Waals surface area contributed by atoms with Crippen LogP contribution in [0.15, 0.2) is 18.2 Å². The Morgan fingerprint density at radius 2 is 1.71 bits per heavy atom. The maximum atomic E-state index is 14.5. The Morgan fingerprint density at radius 1 is 1.12 bits per heavy atom. The smallest absolute Gasteiger partial charge is 0.337 e. The first-order valence-electron chi connectivity index (χ1n) is 8.11. The average molecular weight is 356 g/mol. The molecule has 6 heteroatoms. The van der Waals surface area contributed by atoms with Gasteiger partial charge in [0.15, 0.2) is 6.10 Å². The molecule has 0 bridgehead atoms. The normalized spacial score (nSPS) is 13.0. The number of hydrogen-bond donors (Lipinski definition) is 1. The minimum atomic E-state index is -3.54. The van der Waals surface area contributed by atoms with Gasteiger partial charge in [0, 0.05) is 11.6 Å². The molecule has 3 nitrogen and oxygen atoms in total. The number of benzene rings is 1. The Morgan fingerprint density at radius 3 is 2.17 bits per heavy atom. The van der Waals surface area contributed by atoms with Gasteiger partial charge in [0.05, 0.1) is 14.2 Å². The number of methoxy groups -OCH3 is 2. The first kappa shape index (κ1) is 20.5. The Kier molecular flexibility index (Phi) is 7.24. The van der Waals surface area contributed by atoms with E-state index in [-0.39, 0.29) is 11.3 Å². The molecule has 1 atom stereocenters. The van der Waals surface area contributed by atoms with Crippen LogP contribution in [0.25, 0.3) is 0 Å². The first-order valence-corrected chi connectivity index (χ1v) is 10.7. The van der Waals surface area contributed by atoms with E-state index in [0.717, 1.165) is 18.1 Å². The lowest BCUT2D eigenvalue weighted by Crippen LogP contribution is -2.32. The summed E-state index contributed by atoms with van der Waals surface area (Å²) in [6, 6.07) is 6.82. The summed E-state index contributed by atoms with van der Waals surface area (Å²) in [4.78, 5) is 0. The van der Waals surface area contributed by atoms with Gasteiger partial charge in [-0.15, -0.1) is 5.54 Å². The second-order valence-corrected chi connectivity index (χ2v) is 10.7. The molecule has 0 amide bonds. The van der Waals surface area contributed by atoms with Crippen LogP contribution in [-0.4, -0.2) is 33.3 Å². The van der Waals surface area contributed by atoms with Crippen LogP contribution >= 0.6 is 0 Å². The second-order valence-electron chi connectivity index (χ2n) is 5.72. The van der Waals surface area contributed by atoms with E-state index in [4.69, 9.17) is 9.47 Å². The molecule has 1 rings (SSSR count). The molecule has 134 valence electrons. The predicted octanol–water partition coefficient (Wildman–Crippen LogP) is 4.42. The summed E-state index contributed by atoms with van der Waals surface area (Å²) in [7, 11) is 0.813. The van der Waals surface area contributed by atoms with Crippen molar-refractivity contribution in [2.24, 2.45) is 0 Å². The lowest BCUT2D eigenvalue weighted by molar-refractivity contribution is -0.0644. The van der Waals surface area contributed by atoms with Gasteiger partial charge >= 0.3 is 5.92 Å². The molecule has 0 saturated heterocycles.